The third-order valence-electron chi connectivity index (χ3n) is 17.8. The van der Waals surface area contributed by atoms with Gasteiger partial charge in [-0.1, -0.05) is 31.2 Å². The van der Waals surface area contributed by atoms with Gasteiger partial charge in [-0.15, -0.1) is 0 Å². The number of anilines is 2. The number of phenolic OH excluding ortho intramolecular Hbond substituents is 1. The Morgan fingerprint density at radius 2 is 1.68 bits per heavy atom. The summed E-state index contributed by atoms with van der Waals surface area (Å²) in [5.74, 6) is -0.454. The van der Waals surface area contributed by atoms with E-state index in [0.717, 1.165) is 127 Å². The molecular formula is C58H62F2N8O6. The van der Waals surface area contributed by atoms with E-state index in [-0.39, 0.29) is 52.2 Å². The Hall–Kier alpha value is -6.36. The molecule has 2 N–H and O–H groups in total. The maximum atomic E-state index is 17.3. The second-order valence-corrected chi connectivity index (χ2v) is 22.4. The summed E-state index contributed by atoms with van der Waals surface area (Å²) in [6.07, 6.45) is 11.8. The number of likely N-dealkylation sites (tertiary alicyclic amines) is 2. The van der Waals surface area contributed by atoms with Gasteiger partial charge in [-0.25, -0.2) is 8.78 Å². The number of nitrogens with zero attached hydrogens (tertiary/aromatic N) is 7. The van der Waals surface area contributed by atoms with Crippen molar-refractivity contribution in [2.45, 2.75) is 102 Å². The number of imide groups is 1. The summed E-state index contributed by atoms with van der Waals surface area (Å²) in [4.78, 5) is 61.9. The Bertz CT molecular complexity index is 3270. The van der Waals surface area contributed by atoms with Crippen LogP contribution in [0.5, 0.6) is 11.8 Å². The molecule has 13 rings (SSSR count). The molecule has 2 atom stereocenters. The largest absolute Gasteiger partial charge is 0.508 e. The molecule has 74 heavy (non-hydrogen) atoms. The van der Waals surface area contributed by atoms with E-state index in [1.807, 2.05) is 25.1 Å². The first-order valence-electron chi connectivity index (χ1n) is 27.0. The Balaban J connectivity index is 0.665. The maximum absolute atomic E-state index is 17.3. The number of halogens is 2. The van der Waals surface area contributed by atoms with Crippen LogP contribution in [0.1, 0.15) is 105 Å². The van der Waals surface area contributed by atoms with Crippen LogP contribution in [0.4, 0.5) is 20.3 Å². The third-order valence-corrected chi connectivity index (χ3v) is 17.8. The number of benzene rings is 4. The SMILES string of the molecule is CCc1c(F)ccc2cc(O)cc(-c3ncc4c(N5CCCC6(CCO6)C5)nc(OCC5(CN6CCC(CN7CCC(c8ccc9c%10c(cccc8%10)C(=O)N9C8CCC(=O)NC8=O)CC7)CC6)CC5)nc4c3F)c12. The quantitative estimate of drug-likeness (QED) is 0.113. The average Bonchev–Trinajstić information content (AvgIpc) is 4.11. The standard InChI is InChI=1S/C58H62F2N8O6/c1-2-38-44(59)9-7-36-27-37(69)28-42(48(36)38)51-50(60)52-43(29-61-51)53(67-21-4-17-58(32-67)20-26-74-58)64-56(63-52)73-33-57(18-19-57)31-66-22-13-34(14-23-66)30-65-24-15-35(16-25-65)39-8-10-45-49-40(39)5-3-6-41(49)55(72)68(45)46-11-12-47(70)62-54(46)71/h3,5-10,27-29,34-35,46,69H,2,4,11-26,30-33H2,1H3,(H,62,70,71). The van der Waals surface area contributed by atoms with Gasteiger partial charge >= 0.3 is 6.01 Å². The summed E-state index contributed by atoms with van der Waals surface area (Å²) >= 11 is 0. The van der Waals surface area contributed by atoms with Gasteiger partial charge < -0.3 is 29.3 Å². The highest BCUT2D eigenvalue weighted by atomic mass is 19.1. The Morgan fingerprint density at radius 1 is 0.865 bits per heavy atom. The number of ether oxygens (including phenoxy) is 2. The number of fused-ring (bicyclic) bond motifs is 2. The molecule has 4 aromatic carbocycles. The van der Waals surface area contributed by atoms with Gasteiger partial charge in [0.15, 0.2) is 5.82 Å². The average molecular weight is 1010 g/mol. The third kappa shape index (κ3) is 8.31. The second kappa shape index (κ2) is 18.5. The maximum Gasteiger partial charge on any atom is 0.319 e. The van der Waals surface area contributed by atoms with Crippen LogP contribution in [0.3, 0.4) is 0 Å². The lowest BCUT2D eigenvalue weighted by Gasteiger charge is -2.48. The van der Waals surface area contributed by atoms with Crippen LogP contribution in [-0.4, -0.2) is 125 Å². The lowest BCUT2D eigenvalue weighted by atomic mass is 9.85. The van der Waals surface area contributed by atoms with E-state index in [2.05, 4.69) is 37.1 Å². The first kappa shape index (κ1) is 47.4. The number of rotatable bonds is 12. The van der Waals surface area contributed by atoms with Gasteiger partial charge in [-0.3, -0.25) is 29.6 Å². The van der Waals surface area contributed by atoms with Gasteiger partial charge in [-0.05, 0) is 160 Å². The van der Waals surface area contributed by atoms with E-state index in [0.29, 0.717) is 76.5 Å². The fraction of sp³-hybridized carbons (Fsp3) is 0.483. The minimum absolute atomic E-state index is 0.0195. The molecule has 384 valence electrons. The van der Waals surface area contributed by atoms with Gasteiger partial charge in [0.25, 0.3) is 5.91 Å². The summed E-state index contributed by atoms with van der Waals surface area (Å²) in [5.41, 5.74) is 3.16. The topological polar surface area (TPSA) is 154 Å². The molecular weight excluding hydrogens is 943 g/mol. The highest BCUT2D eigenvalue weighted by molar-refractivity contribution is 6.27. The molecule has 0 bridgehead atoms. The van der Waals surface area contributed by atoms with Crippen LogP contribution < -0.4 is 19.9 Å². The molecule has 5 saturated heterocycles. The zero-order chi connectivity index (χ0) is 50.5. The lowest BCUT2D eigenvalue weighted by Crippen LogP contribution is -2.56. The van der Waals surface area contributed by atoms with Crippen LogP contribution in [0.25, 0.3) is 43.7 Å². The molecule has 14 nitrogen and oxygen atoms in total. The van der Waals surface area contributed by atoms with Crippen molar-refractivity contribution in [2.24, 2.45) is 11.3 Å². The van der Waals surface area contributed by atoms with Crippen molar-refractivity contribution in [3.8, 4) is 23.0 Å². The van der Waals surface area contributed by atoms with E-state index in [1.165, 1.54) is 17.7 Å². The minimum Gasteiger partial charge on any atom is -0.508 e. The minimum atomic E-state index is -0.694. The van der Waals surface area contributed by atoms with Gasteiger partial charge in [0.05, 0.1) is 29.9 Å². The van der Waals surface area contributed by atoms with Crippen molar-refractivity contribution in [3.63, 3.8) is 0 Å². The van der Waals surface area contributed by atoms with E-state index >= 15 is 8.78 Å². The molecule has 8 heterocycles. The molecule has 16 heteroatoms. The van der Waals surface area contributed by atoms with Crippen LogP contribution in [0.2, 0.25) is 0 Å². The molecule has 1 spiro atoms. The number of phenols is 1. The summed E-state index contributed by atoms with van der Waals surface area (Å²) in [6, 6.07) is 15.5. The van der Waals surface area contributed by atoms with Crippen molar-refractivity contribution < 1.29 is 37.7 Å². The fourth-order valence-electron chi connectivity index (χ4n) is 13.5. The molecule has 6 aromatic rings. The van der Waals surface area contributed by atoms with Crippen molar-refractivity contribution in [1.82, 2.24) is 30.1 Å². The van der Waals surface area contributed by atoms with E-state index in [4.69, 9.17) is 19.4 Å². The number of amides is 3. The number of piperidine rings is 4. The van der Waals surface area contributed by atoms with Crippen molar-refractivity contribution in [2.75, 3.05) is 75.4 Å². The van der Waals surface area contributed by atoms with Gasteiger partial charge in [0.2, 0.25) is 11.8 Å². The number of aromatic hydroxyl groups is 1. The second-order valence-electron chi connectivity index (χ2n) is 22.4. The number of aryl methyl sites for hydroxylation is 1. The van der Waals surface area contributed by atoms with Crippen LogP contribution >= 0.6 is 0 Å². The lowest BCUT2D eigenvalue weighted by molar-refractivity contribution is -0.151. The Labute approximate surface area is 428 Å². The first-order chi connectivity index (χ1) is 36.0. The van der Waals surface area contributed by atoms with Crippen LogP contribution in [0.15, 0.2) is 60.8 Å². The monoisotopic (exact) mass is 1000 g/mol. The van der Waals surface area contributed by atoms with E-state index < -0.39 is 23.6 Å². The summed E-state index contributed by atoms with van der Waals surface area (Å²) < 4.78 is 45.2. The van der Waals surface area contributed by atoms with E-state index in [9.17, 15) is 19.5 Å². The first-order valence-corrected chi connectivity index (χ1v) is 27.0. The van der Waals surface area contributed by atoms with Crippen molar-refractivity contribution >= 4 is 61.7 Å². The number of carbonyl (C=O) groups is 3. The normalized spacial score (nSPS) is 23.6. The Morgan fingerprint density at radius 3 is 2.43 bits per heavy atom. The van der Waals surface area contributed by atoms with Crippen molar-refractivity contribution in [1.29, 1.82) is 0 Å². The number of aromatic nitrogens is 3. The van der Waals surface area contributed by atoms with Crippen LogP contribution in [-0.2, 0) is 20.7 Å². The van der Waals surface area contributed by atoms with Gasteiger partial charge in [0.1, 0.15) is 34.6 Å². The number of nitrogens with one attached hydrogen (secondary N) is 1. The van der Waals surface area contributed by atoms with Crippen molar-refractivity contribution in [3.05, 3.63) is 89.1 Å². The summed E-state index contributed by atoms with van der Waals surface area (Å²) in [7, 11) is 0. The fourth-order valence-corrected chi connectivity index (χ4v) is 13.5. The molecule has 6 fully saturated rings. The van der Waals surface area contributed by atoms with E-state index in [1.54, 1.807) is 23.2 Å². The Kier molecular flexibility index (Phi) is 11.8. The number of pyridine rings is 1. The highest BCUT2D eigenvalue weighted by Gasteiger charge is 2.47. The molecule has 2 unspecified atom stereocenters. The molecule has 7 aliphatic rings. The summed E-state index contributed by atoms with van der Waals surface area (Å²) in [5, 5.41) is 16.8. The smallest absolute Gasteiger partial charge is 0.319 e. The van der Waals surface area contributed by atoms with Gasteiger partial charge in [0, 0.05) is 67.1 Å². The molecule has 0 radical (unpaired) electrons. The van der Waals surface area contributed by atoms with Crippen LogP contribution in [0, 0.1) is 23.0 Å². The predicted octanol–water partition coefficient (Wildman–Crippen LogP) is 8.82. The number of hydrogen-bond acceptors (Lipinski definition) is 12. The predicted molar refractivity (Wildman–Crippen MR) is 278 cm³/mol. The number of hydrogen-bond donors (Lipinski definition) is 2. The zero-order valence-corrected chi connectivity index (χ0v) is 41.9. The summed E-state index contributed by atoms with van der Waals surface area (Å²) in [6.45, 7) is 10.5. The number of carbonyl (C=O) groups excluding carboxylic acids is 3. The molecule has 3 amide bonds. The molecule has 2 aromatic heterocycles. The highest BCUT2D eigenvalue weighted by Crippen LogP contribution is 2.49. The molecule has 6 aliphatic heterocycles. The molecule has 1 saturated carbocycles. The zero-order valence-electron chi connectivity index (χ0n) is 41.9. The van der Waals surface area contributed by atoms with Gasteiger partial charge in [-0.2, -0.15) is 9.97 Å². The molecule has 1 aliphatic carbocycles.